The van der Waals surface area contributed by atoms with E-state index >= 15 is 0 Å². The van der Waals surface area contributed by atoms with Crippen LogP contribution in [0.1, 0.15) is 10.6 Å². The normalized spacial score (nSPS) is 11.9. The minimum Gasteiger partial charge on any atom is -0.378 e. The van der Waals surface area contributed by atoms with Crippen LogP contribution in [0, 0.1) is 13.8 Å². The molecule has 30 heavy (non-hydrogen) atoms. The fraction of sp³-hybridized carbons (Fsp3) is 0.333. The second kappa shape index (κ2) is 9.77. The monoisotopic (exact) mass is 535 g/mol. The zero-order valence-corrected chi connectivity index (χ0v) is 20.2. The topological polar surface area (TPSA) is 90.3 Å². The zero-order valence-electron chi connectivity index (χ0n) is 16.1. The van der Waals surface area contributed by atoms with E-state index in [1.165, 1.54) is 39.8 Å². The van der Waals surface area contributed by atoms with Crippen LogP contribution in [0.15, 0.2) is 42.6 Å². The number of aromatic nitrogens is 2. The first-order valence-corrected chi connectivity index (χ1v) is 12.9. The number of thioether (sulfide) groups is 1. The Bertz CT molecular complexity index is 1160. The van der Waals surface area contributed by atoms with Crippen LogP contribution in [0.5, 0.6) is 0 Å². The summed E-state index contributed by atoms with van der Waals surface area (Å²) >= 11 is 6.12. The highest BCUT2D eigenvalue weighted by atomic mass is 79.9. The van der Waals surface area contributed by atoms with Crippen LogP contribution >= 0.6 is 39.0 Å². The Morgan fingerprint density at radius 3 is 2.63 bits per heavy atom. The molecule has 1 N–H and O–H groups in total. The molecule has 162 valence electrons. The van der Waals surface area contributed by atoms with Gasteiger partial charge in [-0.05, 0) is 38.1 Å². The standard InChI is InChI=1S/C18H19BrFN3O4S3/c1-11-12(2)29-17(28-10-9-27-8-7-20)15-16(21-18(24)23(11)15)22-30(25,26)14-5-3-13(19)4-6-14/h3-6H,7-10H2,1-2H3,(H,21,22,24). The van der Waals surface area contributed by atoms with Crippen LogP contribution < -0.4 is 10.4 Å². The number of benzene rings is 1. The van der Waals surface area contributed by atoms with Gasteiger partial charge in [-0.2, -0.15) is 4.98 Å². The van der Waals surface area contributed by atoms with Gasteiger partial charge >= 0.3 is 5.69 Å². The maximum atomic E-state index is 12.8. The van der Waals surface area contributed by atoms with Crippen LogP contribution in [-0.2, 0) is 14.8 Å². The number of halogens is 2. The molecule has 0 unspecified atom stereocenters. The van der Waals surface area contributed by atoms with Gasteiger partial charge in [0.25, 0.3) is 10.0 Å². The van der Waals surface area contributed by atoms with E-state index in [2.05, 4.69) is 25.6 Å². The average Bonchev–Trinajstić information content (AvgIpc) is 3.01. The molecule has 0 aliphatic carbocycles. The van der Waals surface area contributed by atoms with E-state index in [0.717, 1.165) is 13.6 Å². The van der Waals surface area contributed by atoms with Gasteiger partial charge in [0.05, 0.1) is 22.3 Å². The number of ether oxygens (including phenoxy) is 1. The number of aryl methyl sites for hydroxylation is 1. The number of imidazole rings is 1. The van der Waals surface area contributed by atoms with Gasteiger partial charge in [-0.3, -0.25) is 9.29 Å². The average molecular weight is 536 g/mol. The molecule has 3 rings (SSSR count). The first-order valence-electron chi connectivity index (χ1n) is 8.82. The maximum Gasteiger partial charge on any atom is 0.354 e. The molecule has 2 aliphatic heterocycles. The number of fused-ring (bicyclic) bond motifs is 1. The molecule has 0 saturated carbocycles. The van der Waals surface area contributed by atoms with Crippen LogP contribution in [0.3, 0.4) is 0 Å². The third-order valence-corrected chi connectivity index (χ3v) is 8.46. The molecule has 1 aromatic carbocycles. The number of alkyl halides is 1. The highest BCUT2D eigenvalue weighted by Gasteiger charge is 2.26. The van der Waals surface area contributed by atoms with Crippen LogP contribution in [0.25, 0.3) is 5.69 Å². The van der Waals surface area contributed by atoms with Crippen molar-refractivity contribution in [3.8, 4) is 5.69 Å². The summed E-state index contributed by atoms with van der Waals surface area (Å²) in [6, 6.07) is 6.15. The van der Waals surface area contributed by atoms with E-state index in [0.29, 0.717) is 23.7 Å². The Labute approximate surface area is 190 Å². The minimum atomic E-state index is -3.94. The maximum absolute atomic E-state index is 12.8. The second-order valence-electron chi connectivity index (χ2n) is 6.17. The Kier molecular flexibility index (Phi) is 7.56. The van der Waals surface area contributed by atoms with Crippen molar-refractivity contribution in [3.63, 3.8) is 0 Å². The van der Waals surface area contributed by atoms with E-state index in [-0.39, 0.29) is 17.3 Å². The Morgan fingerprint density at radius 2 is 1.97 bits per heavy atom. The fourth-order valence-corrected chi connectivity index (χ4v) is 6.28. The molecule has 1 aromatic rings. The lowest BCUT2D eigenvalue weighted by molar-refractivity contribution is 0.133. The summed E-state index contributed by atoms with van der Waals surface area (Å²) in [7, 11) is -3.94. The molecular formula is C18H19BrFN3O4S3. The number of sulfonamides is 1. The van der Waals surface area contributed by atoms with Crippen molar-refractivity contribution in [2.75, 3.05) is 30.4 Å². The van der Waals surface area contributed by atoms with Crippen molar-refractivity contribution >= 4 is 54.9 Å². The largest absolute Gasteiger partial charge is 0.378 e. The first-order chi connectivity index (χ1) is 14.2. The molecular weight excluding hydrogens is 517 g/mol. The highest BCUT2D eigenvalue weighted by molar-refractivity contribution is 9.10. The molecule has 0 radical (unpaired) electrons. The van der Waals surface area contributed by atoms with Crippen LogP contribution in [-0.4, -0.2) is 43.6 Å². The summed E-state index contributed by atoms with van der Waals surface area (Å²) in [5.74, 6) is 0.502. The molecule has 0 fully saturated rings. The molecule has 2 heterocycles. The third-order valence-electron chi connectivity index (χ3n) is 4.17. The fourth-order valence-electron chi connectivity index (χ4n) is 2.64. The second-order valence-corrected chi connectivity index (χ2v) is 11.4. The molecule has 0 bridgehead atoms. The van der Waals surface area contributed by atoms with Crippen LogP contribution in [0.4, 0.5) is 10.2 Å². The number of anilines is 1. The van der Waals surface area contributed by atoms with E-state index in [9.17, 15) is 17.6 Å². The highest BCUT2D eigenvalue weighted by Crippen LogP contribution is 2.38. The summed E-state index contributed by atoms with van der Waals surface area (Å²) in [6.07, 6.45) is 0. The Hall–Kier alpha value is -1.47. The quantitative estimate of drug-likeness (QED) is 0.329. The number of rotatable bonds is 9. The molecule has 0 saturated heterocycles. The molecule has 2 aliphatic rings. The van der Waals surface area contributed by atoms with Crippen LogP contribution in [0.2, 0.25) is 0 Å². The van der Waals surface area contributed by atoms with Gasteiger partial charge in [0, 0.05) is 20.8 Å². The van der Waals surface area contributed by atoms with Gasteiger partial charge in [0.2, 0.25) is 0 Å². The van der Waals surface area contributed by atoms with E-state index in [1.54, 1.807) is 19.1 Å². The number of nitrogens with zero attached hydrogens (tertiary/aromatic N) is 2. The number of hydrogen-bond acceptors (Lipinski definition) is 7. The summed E-state index contributed by atoms with van der Waals surface area (Å²) in [5, 5.41) is 0. The van der Waals surface area contributed by atoms with Gasteiger partial charge in [-0.1, -0.05) is 15.9 Å². The van der Waals surface area contributed by atoms with Crippen molar-refractivity contribution in [2.24, 2.45) is 0 Å². The summed E-state index contributed by atoms with van der Waals surface area (Å²) < 4.78 is 48.3. The van der Waals surface area contributed by atoms with Gasteiger partial charge < -0.3 is 4.74 Å². The Balaban J connectivity index is 1.98. The molecule has 0 aromatic heterocycles. The molecule has 7 nitrogen and oxygen atoms in total. The van der Waals surface area contributed by atoms with Crippen molar-refractivity contribution in [2.45, 2.75) is 23.0 Å². The van der Waals surface area contributed by atoms with Crippen molar-refractivity contribution in [3.05, 3.63) is 49.8 Å². The lowest BCUT2D eigenvalue weighted by Crippen LogP contribution is -2.17. The van der Waals surface area contributed by atoms with Crippen molar-refractivity contribution in [1.82, 2.24) is 9.55 Å². The predicted octanol–water partition coefficient (Wildman–Crippen LogP) is 3.99. The molecule has 0 amide bonds. The summed E-state index contributed by atoms with van der Waals surface area (Å²) in [6.45, 7) is 3.48. The van der Waals surface area contributed by atoms with Gasteiger partial charge in [-0.25, -0.2) is 17.6 Å². The molecule has 0 atom stereocenters. The van der Waals surface area contributed by atoms with E-state index in [1.807, 2.05) is 6.92 Å². The van der Waals surface area contributed by atoms with E-state index in [4.69, 9.17) is 4.74 Å². The van der Waals surface area contributed by atoms with Crippen molar-refractivity contribution < 1.29 is 17.5 Å². The molecule has 0 spiro atoms. The first kappa shape index (κ1) is 23.2. The summed E-state index contributed by atoms with van der Waals surface area (Å²) in [4.78, 5) is 17.5. The number of hydrogen-bond donors (Lipinski definition) is 1. The summed E-state index contributed by atoms with van der Waals surface area (Å²) in [5.41, 5.74) is 0.548. The lowest BCUT2D eigenvalue weighted by atomic mass is 10.4. The minimum absolute atomic E-state index is 0.0190. The van der Waals surface area contributed by atoms with Crippen molar-refractivity contribution in [1.29, 1.82) is 0 Å². The molecule has 12 heteroatoms. The van der Waals surface area contributed by atoms with E-state index < -0.39 is 22.4 Å². The van der Waals surface area contributed by atoms with Gasteiger partial charge in [-0.15, -0.1) is 23.1 Å². The smallest absolute Gasteiger partial charge is 0.354 e. The van der Waals surface area contributed by atoms with Gasteiger partial charge in [0.15, 0.2) is 5.82 Å². The number of nitrogens with one attached hydrogen (secondary N) is 1. The zero-order chi connectivity index (χ0) is 21.9. The lowest BCUT2D eigenvalue weighted by Gasteiger charge is -2.16. The predicted molar refractivity (Wildman–Crippen MR) is 121 cm³/mol. The SMILES string of the molecule is Cc1sc(SCCOCCF)c2c(NS(=O)(=O)c3ccc(Br)cc3)nc(=O)n-2c1C. The Morgan fingerprint density at radius 1 is 1.27 bits per heavy atom. The third kappa shape index (κ3) is 5.05. The van der Waals surface area contributed by atoms with Gasteiger partial charge in [0.1, 0.15) is 12.4 Å².